The topological polar surface area (TPSA) is 84.4 Å². The molecule has 7 nitrogen and oxygen atoms in total. The highest BCUT2D eigenvalue weighted by molar-refractivity contribution is 6.03. The lowest BCUT2D eigenvalue weighted by molar-refractivity contribution is 0.0244. The first-order valence-electron chi connectivity index (χ1n) is 12.2. The lowest BCUT2D eigenvalue weighted by Gasteiger charge is -2.32. The van der Waals surface area contributed by atoms with Crippen LogP contribution in [0.25, 0.3) is 17.5 Å². The molecule has 1 fully saturated rings. The first kappa shape index (κ1) is 22.4. The minimum atomic E-state index is -0.568. The average molecular weight is 485 g/mol. The fourth-order valence-electron chi connectivity index (χ4n) is 4.72. The summed E-state index contributed by atoms with van der Waals surface area (Å²) in [5.41, 5.74) is 5.06. The van der Waals surface area contributed by atoms with Crippen LogP contribution in [0.15, 0.2) is 48.7 Å². The summed E-state index contributed by atoms with van der Waals surface area (Å²) in [6.45, 7) is 1.10. The van der Waals surface area contributed by atoms with Crippen LogP contribution >= 0.6 is 0 Å². The number of ketones is 1. The molecule has 1 amide bonds. The number of Topliss-reactive ketones (excluding diaryl/α,β-unsaturated/α-hetero) is 1. The van der Waals surface area contributed by atoms with Gasteiger partial charge in [0.15, 0.2) is 23.2 Å². The zero-order valence-electron chi connectivity index (χ0n) is 19.7. The minimum Gasteiger partial charge on any atom is -0.446 e. The van der Waals surface area contributed by atoms with Crippen molar-refractivity contribution in [3.63, 3.8) is 0 Å². The van der Waals surface area contributed by atoms with Gasteiger partial charge >= 0.3 is 6.09 Å². The van der Waals surface area contributed by atoms with Gasteiger partial charge in [-0.2, -0.15) is 0 Å². The molecule has 1 N–H and O–H groups in total. The molecular formula is C28H25FN4O3. The number of benzene rings is 2. The fourth-order valence-corrected chi connectivity index (χ4v) is 4.72. The van der Waals surface area contributed by atoms with Gasteiger partial charge in [-0.1, -0.05) is 24.3 Å². The van der Waals surface area contributed by atoms with Crippen LogP contribution in [0.1, 0.15) is 52.7 Å². The Morgan fingerprint density at radius 2 is 2.03 bits per heavy atom. The van der Waals surface area contributed by atoms with Crippen LogP contribution in [-0.4, -0.2) is 39.4 Å². The average Bonchev–Trinajstić information content (AvgIpc) is 2.87. The zero-order valence-corrected chi connectivity index (χ0v) is 19.7. The number of amides is 1. The molecule has 1 aromatic heterocycles. The van der Waals surface area contributed by atoms with Crippen molar-refractivity contribution in [3.8, 4) is 11.4 Å². The van der Waals surface area contributed by atoms with Crippen molar-refractivity contribution in [1.82, 2.24) is 14.9 Å². The number of allylic oxidation sites excluding steroid dienone is 1. The van der Waals surface area contributed by atoms with E-state index >= 15 is 0 Å². The summed E-state index contributed by atoms with van der Waals surface area (Å²) in [4.78, 5) is 34.9. The van der Waals surface area contributed by atoms with E-state index in [1.54, 1.807) is 17.0 Å². The van der Waals surface area contributed by atoms with Gasteiger partial charge in [0.25, 0.3) is 0 Å². The van der Waals surface area contributed by atoms with Gasteiger partial charge in [-0.3, -0.25) is 4.79 Å². The number of hydrogen-bond donors (Lipinski definition) is 1. The number of fused-ring (bicyclic) bond motifs is 2. The number of carbonyl (C=O) groups is 2. The van der Waals surface area contributed by atoms with Crippen molar-refractivity contribution in [3.05, 3.63) is 76.7 Å². The maximum Gasteiger partial charge on any atom is 0.410 e. The van der Waals surface area contributed by atoms with E-state index in [1.165, 1.54) is 0 Å². The molecule has 6 rings (SSSR count). The summed E-state index contributed by atoms with van der Waals surface area (Å²) in [6.07, 6.45) is 8.84. The van der Waals surface area contributed by atoms with Crippen molar-refractivity contribution >= 4 is 29.5 Å². The second-order valence-corrected chi connectivity index (χ2v) is 9.44. The SMILES string of the molecule is O=C1CC=Cc2cc(Nc3nc(-c4ccc5c(c4)CCN(C(=O)OC4CCC4)C5)ncc3F)ccc21. The first-order chi connectivity index (χ1) is 17.5. The number of rotatable bonds is 4. The molecule has 36 heavy (non-hydrogen) atoms. The van der Waals surface area contributed by atoms with E-state index in [0.717, 1.165) is 47.7 Å². The molecule has 0 atom stereocenters. The lowest BCUT2D eigenvalue weighted by Crippen LogP contribution is -2.39. The molecule has 1 aliphatic heterocycles. The fraction of sp³-hybridized carbons (Fsp3) is 0.286. The number of anilines is 2. The molecule has 2 aromatic carbocycles. The molecule has 0 radical (unpaired) electrons. The molecular weight excluding hydrogens is 459 g/mol. The van der Waals surface area contributed by atoms with Gasteiger partial charge in [0.1, 0.15) is 6.10 Å². The highest BCUT2D eigenvalue weighted by Gasteiger charge is 2.27. The monoisotopic (exact) mass is 484 g/mol. The first-order valence-corrected chi connectivity index (χ1v) is 12.2. The number of halogens is 1. The second-order valence-electron chi connectivity index (χ2n) is 9.44. The highest BCUT2D eigenvalue weighted by Crippen LogP contribution is 2.29. The Kier molecular flexibility index (Phi) is 5.71. The number of nitrogens with one attached hydrogen (secondary N) is 1. The Labute approximate surface area is 208 Å². The van der Waals surface area contributed by atoms with Gasteiger partial charge in [-0.15, -0.1) is 0 Å². The molecule has 0 saturated heterocycles. The standard InChI is InChI=1S/C28H25FN4O3/c29-24-15-30-26(32-27(24)31-21-9-10-23-18(14-21)3-1-6-25(23)34)19-7-8-20-16-33(12-11-17(20)13-19)28(35)36-22-4-2-5-22/h1,3,7-10,13-15,22H,2,4-6,11-12,16H2,(H,30,31,32). The summed E-state index contributed by atoms with van der Waals surface area (Å²) >= 11 is 0. The number of hydrogen-bond acceptors (Lipinski definition) is 6. The van der Waals surface area contributed by atoms with Crippen LogP contribution in [0.3, 0.4) is 0 Å². The number of nitrogens with zero attached hydrogens (tertiary/aromatic N) is 3. The number of carbonyl (C=O) groups excluding carboxylic acids is 2. The van der Waals surface area contributed by atoms with E-state index in [0.29, 0.717) is 43.0 Å². The van der Waals surface area contributed by atoms with Crippen LogP contribution in [0.5, 0.6) is 0 Å². The Morgan fingerprint density at radius 1 is 1.14 bits per heavy atom. The van der Waals surface area contributed by atoms with E-state index < -0.39 is 5.82 Å². The third-order valence-electron chi connectivity index (χ3n) is 7.01. The number of aromatic nitrogens is 2. The van der Waals surface area contributed by atoms with Crippen molar-refractivity contribution in [2.75, 3.05) is 11.9 Å². The molecule has 2 heterocycles. The van der Waals surface area contributed by atoms with Crippen molar-refractivity contribution < 1.29 is 18.7 Å². The van der Waals surface area contributed by atoms with Gasteiger partial charge in [0, 0.05) is 36.3 Å². The normalized spacial score (nSPS) is 16.7. The maximum absolute atomic E-state index is 14.6. The minimum absolute atomic E-state index is 0.0636. The van der Waals surface area contributed by atoms with E-state index in [1.807, 2.05) is 36.4 Å². The third kappa shape index (κ3) is 4.34. The van der Waals surface area contributed by atoms with Gasteiger partial charge < -0.3 is 15.0 Å². The lowest BCUT2D eigenvalue weighted by atomic mass is 9.96. The van der Waals surface area contributed by atoms with Crippen LogP contribution in [-0.2, 0) is 17.7 Å². The van der Waals surface area contributed by atoms with Crippen molar-refractivity contribution in [1.29, 1.82) is 0 Å². The van der Waals surface area contributed by atoms with Crippen molar-refractivity contribution in [2.24, 2.45) is 0 Å². The Morgan fingerprint density at radius 3 is 2.86 bits per heavy atom. The van der Waals surface area contributed by atoms with Gasteiger partial charge in [-0.05, 0) is 66.6 Å². The quantitative estimate of drug-likeness (QED) is 0.513. The van der Waals surface area contributed by atoms with Crippen LogP contribution in [0, 0.1) is 5.82 Å². The van der Waals surface area contributed by atoms with Gasteiger partial charge in [0.2, 0.25) is 0 Å². The van der Waals surface area contributed by atoms with Gasteiger partial charge in [-0.25, -0.2) is 19.2 Å². The summed E-state index contributed by atoms with van der Waals surface area (Å²) in [5.74, 6) is -0.0303. The van der Waals surface area contributed by atoms with Crippen LogP contribution in [0.2, 0.25) is 0 Å². The molecule has 0 spiro atoms. The molecule has 3 aliphatic rings. The summed E-state index contributed by atoms with van der Waals surface area (Å²) < 4.78 is 20.1. The molecule has 2 aliphatic carbocycles. The molecule has 0 bridgehead atoms. The Hall–Kier alpha value is -4.07. The van der Waals surface area contributed by atoms with E-state index in [2.05, 4.69) is 15.3 Å². The molecule has 1 saturated carbocycles. The molecule has 3 aromatic rings. The summed E-state index contributed by atoms with van der Waals surface area (Å²) in [6, 6.07) is 11.2. The Balaban J connectivity index is 1.20. The van der Waals surface area contributed by atoms with Crippen molar-refractivity contribution in [2.45, 2.75) is 44.8 Å². The Bertz CT molecular complexity index is 1400. The summed E-state index contributed by atoms with van der Waals surface area (Å²) in [5, 5.41) is 3.02. The predicted molar refractivity (Wildman–Crippen MR) is 133 cm³/mol. The molecule has 0 unspecified atom stereocenters. The zero-order chi connectivity index (χ0) is 24.6. The molecule has 182 valence electrons. The predicted octanol–water partition coefficient (Wildman–Crippen LogP) is 5.67. The number of ether oxygens (including phenoxy) is 1. The smallest absolute Gasteiger partial charge is 0.410 e. The van der Waals surface area contributed by atoms with Gasteiger partial charge in [0.05, 0.1) is 6.20 Å². The maximum atomic E-state index is 14.6. The highest BCUT2D eigenvalue weighted by atomic mass is 19.1. The molecule has 8 heteroatoms. The summed E-state index contributed by atoms with van der Waals surface area (Å²) in [7, 11) is 0. The van der Waals surface area contributed by atoms with E-state index in [4.69, 9.17) is 4.74 Å². The van der Waals surface area contributed by atoms with E-state index in [9.17, 15) is 14.0 Å². The van der Waals surface area contributed by atoms with Crippen LogP contribution < -0.4 is 5.32 Å². The second kappa shape index (κ2) is 9.18. The largest absolute Gasteiger partial charge is 0.446 e. The van der Waals surface area contributed by atoms with E-state index in [-0.39, 0.29) is 23.8 Å². The van der Waals surface area contributed by atoms with Crippen LogP contribution in [0.4, 0.5) is 20.7 Å². The third-order valence-corrected chi connectivity index (χ3v) is 7.01.